The number of hydrogen-bond donors (Lipinski definition) is 1. The Hall–Kier alpha value is -0.340. The van der Waals surface area contributed by atoms with Crippen molar-refractivity contribution in [2.24, 2.45) is 0 Å². The van der Waals surface area contributed by atoms with Crippen LogP contribution < -0.4 is 5.32 Å². The molecule has 1 spiro atoms. The van der Waals surface area contributed by atoms with Crippen molar-refractivity contribution in [1.82, 2.24) is 10.2 Å². The molecule has 1 aliphatic heterocycles. The summed E-state index contributed by atoms with van der Waals surface area (Å²) in [6.45, 7) is 9.85. The smallest absolute Gasteiger partial charge is 0.0309 e. The highest BCUT2D eigenvalue weighted by Crippen LogP contribution is 2.30. The zero-order chi connectivity index (χ0) is 11.4. The highest BCUT2D eigenvalue weighted by Gasteiger charge is 2.35. The van der Waals surface area contributed by atoms with Gasteiger partial charge in [0.25, 0.3) is 0 Å². The normalized spacial score (nSPS) is 28.6. The van der Waals surface area contributed by atoms with Gasteiger partial charge in [-0.3, -0.25) is 4.90 Å². The number of nitrogens with one attached hydrogen (secondary N) is 1. The lowest BCUT2D eigenvalue weighted by Crippen LogP contribution is -2.53. The average molecular weight is 222 g/mol. The van der Waals surface area contributed by atoms with Crippen LogP contribution in [0.2, 0.25) is 0 Å². The van der Waals surface area contributed by atoms with Gasteiger partial charge in [0, 0.05) is 18.1 Å². The van der Waals surface area contributed by atoms with Gasteiger partial charge in [0.05, 0.1) is 0 Å². The average Bonchev–Trinajstić information content (AvgIpc) is 2.52. The molecule has 2 nitrogen and oxygen atoms in total. The molecule has 16 heavy (non-hydrogen) atoms. The summed E-state index contributed by atoms with van der Waals surface area (Å²) < 4.78 is 0. The minimum atomic E-state index is 0.423. The standard InChI is InChI=1S/C14H26N2/c1-3-13(2)16-11-7-10-15-14(12-16)8-5-4-6-9-14/h3,13,15H,1,4-12H2,2H3. The predicted octanol–water partition coefficient (Wildman–Crippen LogP) is 2.56. The third-order valence-corrected chi connectivity index (χ3v) is 4.36. The second kappa shape index (κ2) is 5.33. The minimum absolute atomic E-state index is 0.423. The molecule has 0 bridgehead atoms. The van der Waals surface area contributed by atoms with Gasteiger partial charge in [-0.05, 0) is 39.3 Å². The highest BCUT2D eigenvalue weighted by atomic mass is 15.2. The lowest BCUT2D eigenvalue weighted by molar-refractivity contribution is 0.149. The number of hydrogen-bond acceptors (Lipinski definition) is 2. The van der Waals surface area contributed by atoms with Crippen molar-refractivity contribution in [3.63, 3.8) is 0 Å². The molecule has 92 valence electrons. The van der Waals surface area contributed by atoms with Crippen LogP contribution in [0, 0.1) is 0 Å². The molecule has 1 heterocycles. The van der Waals surface area contributed by atoms with Crippen LogP contribution in [-0.2, 0) is 0 Å². The first-order valence-electron chi connectivity index (χ1n) is 6.87. The van der Waals surface area contributed by atoms with Crippen molar-refractivity contribution in [3.8, 4) is 0 Å². The van der Waals surface area contributed by atoms with Gasteiger partial charge in [-0.2, -0.15) is 0 Å². The van der Waals surface area contributed by atoms with Crippen molar-refractivity contribution in [2.75, 3.05) is 19.6 Å². The third-order valence-electron chi connectivity index (χ3n) is 4.36. The molecule has 1 saturated carbocycles. The summed E-state index contributed by atoms with van der Waals surface area (Å²) in [5.74, 6) is 0. The maximum absolute atomic E-state index is 3.94. The van der Waals surface area contributed by atoms with Gasteiger partial charge in [0.1, 0.15) is 0 Å². The Morgan fingerprint density at radius 3 is 2.69 bits per heavy atom. The third kappa shape index (κ3) is 2.67. The molecule has 2 heteroatoms. The van der Waals surface area contributed by atoms with E-state index in [1.54, 1.807) is 0 Å². The molecule has 0 aromatic heterocycles. The summed E-state index contributed by atoms with van der Waals surface area (Å²) in [7, 11) is 0. The van der Waals surface area contributed by atoms with Crippen molar-refractivity contribution >= 4 is 0 Å². The molecule has 1 atom stereocenters. The van der Waals surface area contributed by atoms with E-state index in [0.717, 1.165) is 0 Å². The molecular formula is C14H26N2. The quantitative estimate of drug-likeness (QED) is 0.722. The van der Waals surface area contributed by atoms with Gasteiger partial charge in [-0.1, -0.05) is 25.3 Å². The van der Waals surface area contributed by atoms with Gasteiger partial charge in [-0.15, -0.1) is 6.58 Å². The van der Waals surface area contributed by atoms with Crippen molar-refractivity contribution in [1.29, 1.82) is 0 Å². The summed E-state index contributed by atoms with van der Waals surface area (Å²) in [5.41, 5.74) is 0.423. The summed E-state index contributed by atoms with van der Waals surface area (Å²) >= 11 is 0. The summed E-state index contributed by atoms with van der Waals surface area (Å²) in [5, 5.41) is 3.83. The molecule has 2 rings (SSSR count). The highest BCUT2D eigenvalue weighted by molar-refractivity contribution is 4.98. The topological polar surface area (TPSA) is 15.3 Å². The van der Waals surface area contributed by atoms with E-state index in [9.17, 15) is 0 Å². The van der Waals surface area contributed by atoms with Gasteiger partial charge in [-0.25, -0.2) is 0 Å². The molecule has 1 unspecified atom stereocenters. The largest absolute Gasteiger partial charge is 0.310 e. The fourth-order valence-corrected chi connectivity index (χ4v) is 3.22. The van der Waals surface area contributed by atoms with Gasteiger partial charge >= 0.3 is 0 Å². The van der Waals surface area contributed by atoms with Crippen LogP contribution in [0.4, 0.5) is 0 Å². The van der Waals surface area contributed by atoms with Crippen LogP contribution in [0.3, 0.4) is 0 Å². The minimum Gasteiger partial charge on any atom is -0.310 e. The van der Waals surface area contributed by atoms with Gasteiger partial charge in [0.2, 0.25) is 0 Å². The second-order valence-corrected chi connectivity index (χ2v) is 5.57. The maximum atomic E-state index is 3.94. The van der Waals surface area contributed by atoms with E-state index in [2.05, 4.69) is 29.8 Å². The van der Waals surface area contributed by atoms with Crippen molar-refractivity contribution < 1.29 is 0 Å². The van der Waals surface area contributed by atoms with Crippen molar-refractivity contribution in [2.45, 2.75) is 57.0 Å². The van der Waals surface area contributed by atoms with Crippen molar-refractivity contribution in [3.05, 3.63) is 12.7 Å². The fourth-order valence-electron chi connectivity index (χ4n) is 3.22. The van der Waals surface area contributed by atoms with E-state index in [0.29, 0.717) is 11.6 Å². The molecule has 2 fully saturated rings. The van der Waals surface area contributed by atoms with Crippen LogP contribution in [0.1, 0.15) is 45.4 Å². The Morgan fingerprint density at radius 2 is 2.00 bits per heavy atom. The lowest BCUT2D eigenvalue weighted by atomic mass is 9.81. The summed E-state index contributed by atoms with van der Waals surface area (Å²) in [6, 6.07) is 0.527. The van der Waals surface area contributed by atoms with Crippen LogP contribution in [0.15, 0.2) is 12.7 Å². The Bertz CT molecular complexity index is 231. The van der Waals surface area contributed by atoms with Crippen LogP contribution in [0.5, 0.6) is 0 Å². The van der Waals surface area contributed by atoms with E-state index in [1.165, 1.54) is 58.2 Å². The van der Waals surface area contributed by atoms with Gasteiger partial charge < -0.3 is 5.32 Å². The Labute approximate surface area is 100 Å². The van der Waals surface area contributed by atoms with Crippen LogP contribution in [-0.4, -0.2) is 36.1 Å². The Balaban J connectivity index is 2.04. The van der Waals surface area contributed by atoms with E-state index in [4.69, 9.17) is 0 Å². The zero-order valence-electron chi connectivity index (χ0n) is 10.7. The predicted molar refractivity (Wildman–Crippen MR) is 69.7 cm³/mol. The number of rotatable bonds is 2. The molecule has 1 aliphatic carbocycles. The van der Waals surface area contributed by atoms with Gasteiger partial charge in [0.15, 0.2) is 0 Å². The van der Waals surface area contributed by atoms with E-state index < -0.39 is 0 Å². The van der Waals surface area contributed by atoms with E-state index in [-0.39, 0.29) is 0 Å². The summed E-state index contributed by atoms with van der Waals surface area (Å²) in [4.78, 5) is 2.61. The molecule has 0 radical (unpaired) electrons. The molecular weight excluding hydrogens is 196 g/mol. The van der Waals surface area contributed by atoms with E-state index >= 15 is 0 Å². The Morgan fingerprint density at radius 1 is 1.25 bits per heavy atom. The monoisotopic (exact) mass is 222 g/mol. The van der Waals surface area contributed by atoms with Crippen LogP contribution >= 0.6 is 0 Å². The molecule has 0 amide bonds. The first kappa shape index (κ1) is 12.1. The first-order chi connectivity index (χ1) is 7.76. The van der Waals surface area contributed by atoms with E-state index in [1.807, 2.05) is 0 Å². The molecule has 2 aliphatic rings. The number of nitrogens with zero attached hydrogens (tertiary/aromatic N) is 1. The molecule has 0 aromatic rings. The zero-order valence-corrected chi connectivity index (χ0v) is 10.7. The molecule has 1 N–H and O–H groups in total. The first-order valence-corrected chi connectivity index (χ1v) is 6.87. The molecule has 0 aromatic carbocycles. The Kier molecular flexibility index (Phi) is 4.04. The fraction of sp³-hybridized carbons (Fsp3) is 0.857. The molecule has 1 saturated heterocycles. The van der Waals surface area contributed by atoms with Crippen LogP contribution in [0.25, 0.3) is 0 Å². The maximum Gasteiger partial charge on any atom is 0.0309 e. The summed E-state index contributed by atoms with van der Waals surface area (Å²) in [6.07, 6.45) is 10.3. The lowest BCUT2D eigenvalue weighted by Gasteiger charge is -2.41. The second-order valence-electron chi connectivity index (χ2n) is 5.57. The SMILES string of the molecule is C=CC(C)N1CCCNC2(CCCCC2)C1.